The van der Waals surface area contributed by atoms with Crippen LogP contribution in [0, 0.1) is 31.6 Å². The van der Waals surface area contributed by atoms with Crippen molar-refractivity contribution in [2.24, 2.45) is 17.8 Å². The topological polar surface area (TPSA) is 105 Å². The molecule has 3 saturated heterocycles. The Morgan fingerprint density at radius 2 is 2.06 bits per heavy atom. The molecule has 4 rings (SSSR count). The quantitative estimate of drug-likeness (QED) is 0.381. The molecular formula is C26H35BrN2O6. The van der Waals surface area contributed by atoms with Gasteiger partial charge in [-0.3, -0.25) is 14.4 Å². The number of esters is 1. The average Bonchev–Trinajstić information content (AvgIpc) is 3.40. The molecule has 8 nitrogen and oxygen atoms in total. The summed E-state index contributed by atoms with van der Waals surface area (Å²) in [6.45, 7) is 9.41. The number of aliphatic hydroxyl groups excluding tert-OH is 1. The van der Waals surface area contributed by atoms with Gasteiger partial charge in [0.05, 0.1) is 37.2 Å². The van der Waals surface area contributed by atoms with Crippen LogP contribution >= 0.6 is 15.9 Å². The van der Waals surface area contributed by atoms with Crippen LogP contribution in [0.4, 0.5) is 5.69 Å². The largest absolute Gasteiger partial charge is 0.466 e. The van der Waals surface area contributed by atoms with Crippen LogP contribution in [-0.4, -0.2) is 69.6 Å². The molecule has 0 aliphatic carbocycles. The van der Waals surface area contributed by atoms with Crippen molar-refractivity contribution in [1.82, 2.24) is 4.90 Å². The molecule has 2 N–H and O–H groups in total. The van der Waals surface area contributed by atoms with Crippen molar-refractivity contribution in [3.63, 3.8) is 0 Å². The highest BCUT2D eigenvalue weighted by Crippen LogP contribution is 2.60. The van der Waals surface area contributed by atoms with Crippen molar-refractivity contribution >= 4 is 39.4 Å². The van der Waals surface area contributed by atoms with E-state index in [1.165, 1.54) is 4.90 Å². The third-order valence-corrected chi connectivity index (χ3v) is 8.88. The van der Waals surface area contributed by atoms with Gasteiger partial charge in [-0.2, -0.15) is 0 Å². The van der Waals surface area contributed by atoms with Gasteiger partial charge in [-0.15, -0.1) is 0 Å². The number of nitrogens with one attached hydrogen (secondary N) is 1. The zero-order valence-electron chi connectivity index (χ0n) is 20.9. The second-order valence-electron chi connectivity index (χ2n) is 10.1. The summed E-state index contributed by atoms with van der Waals surface area (Å²) in [5, 5.41) is 13.4. The van der Waals surface area contributed by atoms with Gasteiger partial charge in [0.1, 0.15) is 11.6 Å². The van der Waals surface area contributed by atoms with Gasteiger partial charge in [0.25, 0.3) is 0 Å². The number of nitrogens with zero attached hydrogens (tertiary/aromatic N) is 1. The number of rotatable bonds is 8. The molecule has 3 heterocycles. The van der Waals surface area contributed by atoms with Gasteiger partial charge in [-0.25, -0.2) is 0 Å². The number of hydrogen-bond donors (Lipinski definition) is 2. The molecule has 3 aliphatic rings. The number of alkyl halides is 1. The van der Waals surface area contributed by atoms with E-state index in [4.69, 9.17) is 9.47 Å². The van der Waals surface area contributed by atoms with E-state index in [1.54, 1.807) is 6.92 Å². The molecule has 2 bridgehead atoms. The highest BCUT2D eigenvalue weighted by Gasteiger charge is 2.77. The van der Waals surface area contributed by atoms with Crippen molar-refractivity contribution in [3.05, 3.63) is 29.3 Å². The molecule has 0 radical (unpaired) electrons. The van der Waals surface area contributed by atoms with E-state index in [9.17, 15) is 19.5 Å². The Labute approximate surface area is 214 Å². The van der Waals surface area contributed by atoms with Gasteiger partial charge in [-0.1, -0.05) is 48.3 Å². The van der Waals surface area contributed by atoms with Crippen LogP contribution in [0.1, 0.15) is 44.7 Å². The molecule has 3 fully saturated rings. The van der Waals surface area contributed by atoms with Gasteiger partial charge >= 0.3 is 5.97 Å². The van der Waals surface area contributed by atoms with Gasteiger partial charge in [0.15, 0.2) is 0 Å². The molecule has 0 aromatic heterocycles. The van der Waals surface area contributed by atoms with Crippen molar-refractivity contribution in [2.45, 2.75) is 76.1 Å². The van der Waals surface area contributed by atoms with Crippen molar-refractivity contribution in [3.8, 4) is 0 Å². The summed E-state index contributed by atoms with van der Waals surface area (Å²) in [5.74, 6) is -2.90. The third-order valence-electron chi connectivity index (χ3n) is 8.03. The minimum Gasteiger partial charge on any atom is -0.466 e. The van der Waals surface area contributed by atoms with E-state index in [1.807, 2.05) is 45.9 Å². The zero-order chi connectivity index (χ0) is 25.7. The predicted molar refractivity (Wildman–Crippen MR) is 134 cm³/mol. The van der Waals surface area contributed by atoms with Crippen molar-refractivity contribution in [2.75, 3.05) is 18.5 Å². The smallest absolute Gasteiger partial charge is 0.312 e. The number of halogens is 1. The highest BCUT2D eigenvalue weighted by molar-refractivity contribution is 9.09. The second kappa shape index (κ2) is 9.82. The molecule has 192 valence electrons. The summed E-state index contributed by atoms with van der Waals surface area (Å²) >= 11 is 3.64. The van der Waals surface area contributed by atoms with Gasteiger partial charge in [-0.05, 0) is 50.3 Å². The SMILES string of the molecule is CCOC(=O)[C@H]1[C@@H]2O[C@@]3(CC2Br)[C@@H]1C(=O)N([C@@H](CO)[C@@H](C)CC)[C@@H]3C(=O)Nc1cc(C)ccc1C. The minimum atomic E-state index is -1.18. The summed E-state index contributed by atoms with van der Waals surface area (Å²) in [6, 6.07) is 4.22. The van der Waals surface area contributed by atoms with E-state index < -0.39 is 41.6 Å². The molecule has 1 aromatic carbocycles. The van der Waals surface area contributed by atoms with Crippen LogP contribution in [0.25, 0.3) is 0 Å². The normalized spacial score (nSPS) is 32.9. The van der Waals surface area contributed by atoms with Crippen LogP contribution in [0.15, 0.2) is 18.2 Å². The Hall–Kier alpha value is -1.97. The Kier molecular flexibility index (Phi) is 7.33. The number of carbonyl (C=O) groups is 3. The van der Waals surface area contributed by atoms with Crippen LogP contribution in [0.5, 0.6) is 0 Å². The summed E-state index contributed by atoms with van der Waals surface area (Å²) in [5.41, 5.74) is 1.37. The standard InChI is InChI=1S/C26H35BrN2O6/c1-6-14(4)18(12-30)29-22(23(31)28-17-10-13(3)8-9-15(17)5)26-11-16(27)21(35-26)19(20(26)24(29)32)25(33)34-7-2/h8-10,14,16,18-22,30H,6-7,11-12H2,1-5H3,(H,28,31)/t14-,16?,18-,19+,20-,21+,22+,26-/m0/s1. The summed E-state index contributed by atoms with van der Waals surface area (Å²) < 4.78 is 11.8. The Balaban J connectivity index is 1.80. The molecule has 3 aliphatic heterocycles. The maximum Gasteiger partial charge on any atom is 0.312 e. The average molecular weight is 551 g/mol. The first-order chi connectivity index (χ1) is 16.6. The van der Waals surface area contributed by atoms with E-state index in [0.29, 0.717) is 18.5 Å². The number of benzene rings is 1. The fourth-order valence-corrected chi connectivity index (χ4v) is 7.06. The fraction of sp³-hybridized carbons (Fsp3) is 0.654. The highest BCUT2D eigenvalue weighted by atomic mass is 79.9. The van der Waals surface area contributed by atoms with Gasteiger partial charge in [0, 0.05) is 10.5 Å². The maximum atomic E-state index is 14.0. The van der Waals surface area contributed by atoms with E-state index in [-0.39, 0.29) is 35.8 Å². The Morgan fingerprint density at radius 1 is 1.34 bits per heavy atom. The number of ether oxygens (including phenoxy) is 2. The van der Waals surface area contributed by atoms with Crippen LogP contribution < -0.4 is 5.32 Å². The lowest BCUT2D eigenvalue weighted by Crippen LogP contribution is -2.57. The zero-order valence-corrected chi connectivity index (χ0v) is 22.5. The molecule has 8 atom stereocenters. The number of fused-ring (bicyclic) bond motifs is 1. The molecular weight excluding hydrogens is 516 g/mol. The van der Waals surface area contributed by atoms with E-state index in [0.717, 1.165) is 11.1 Å². The number of likely N-dealkylation sites (tertiary alicyclic amines) is 1. The van der Waals surface area contributed by atoms with Crippen molar-refractivity contribution in [1.29, 1.82) is 0 Å². The number of carbonyl (C=O) groups excluding carboxylic acids is 3. The van der Waals surface area contributed by atoms with Gasteiger partial charge in [0.2, 0.25) is 11.8 Å². The van der Waals surface area contributed by atoms with Crippen LogP contribution in [0.2, 0.25) is 0 Å². The molecule has 35 heavy (non-hydrogen) atoms. The molecule has 9 heteroatoms. The number of hydrogen-bond acceptors (Lipinski definition) is 6. The number of anilines is 1. The van der Waals surface area contributed by atoms with Crippen molar-refractivity contribution < 1.29 is 29.0 Å². The lowest BCUT2D eigenvalue weighted by Gasteiger charge is -2.38. The molecule has 1 aromatic rings. The predicted octanol–water partition coefficient (Wildman–Crippen LogP) is 2.96. The fourth-order valence-electron chi connectivity index (χ4n) is 6.12. The third kappa shape index (κ3) is 4.09. The lowest BCUT2D eigenvalue weighted by molar-refractivity contribution is -0.155. The molecule has 1 unspecified atom stereocenters. The maximum absolute atomic E-state index is 14.0. The summed E-state index contributed by atoms with van der Waals surface area (Å²) in [4.78, 5) is 42.4. The van der Waals surface area contributed by atoms with Crippen LogP contribution in [0.3, 0.4) is 0 Å². The van der Waals surface area contributed by atoms with E-state index in [2.05, 4.69) is 21.2 Å². The Bertz CT molecular complexity index is 1020. The first-order valence-corrected chi connectivity index (χ1v) is 13.3. The van der Waals surface area contributed by atoms with Crippen LogP contribution in [-0.2, 0) is 23.9 Å². The monoisotopic (exact) mass is 550 g/mol. The molecule has 0 saturated carbocycles. The Morgan fingerprint density at radius 3 is 2.69 bits per heavy atom. The summed E-state index contributed by atoms with van der Waals surface area (Å²) in [7, 11) is 0. The van der Waals surface area contributed by atoms with E-state index >= 15 is 0 Å². The minimum absolute atomic E-state index is 0.0619. The molecule has 2 amide bonds. The summed E-state index contributed by atoms with van der Waals surface area (Å²) in [6.07, 6.45) is 0.561. The first kappa shape index (κ1) is 26.1. The lowest BCUT2D eigenvalue weighted by atomic mass is 9.70. The van der Waals surface area contributed by atoms with Gasteiger partial charge < -0.3 is 24.8 Å². The number of amides is 2. The molecule has 1 spiro atoms. The number of aryl methyl sites for hydroxylation is 2. The number of aliphatic hydroxyl groups is 1. The first-order valence-electron chi connectivity index (χ1n) is 12.4. The second-order valence-corrected chi connectivity index (χ2v) is 11.3.